The van der Waals surface area contributed by atoms with Crippen LogP contribution < -0.4 is 4.90 Å². The summed E-state index contributed by atoms with van der Waals surface area (Å²) in [6.45, 7) is 2.87. The van der Waals surface area contributed by atoms with Crippen molar-refractivity contribution < 1.29 is 24.2 Å². The minimum absolute atomic E-state index is 0.0784. The van der Waals surface area contributed by atoms with Gasteiger partial charge in [0.05, 0.1) is 30.3 Å². The number of carbonyl (C=O) groups excluding carboxylic acids is 3. The van der Waals surface area contributed by atoms with Crippen LogP contribution in [0.2, 0.25) is 0 Å². The van der Waals surface area contributed by atoms with Crippen molar-refractivity contribution in [2.45, 2.75) is 51.1 Å². The van der Waals surface area contributed by atoms with Crippen LogP contribution in [0.15, 0.2) is 24.3 Å². The van der Waals surface area contributed by atoms with E-state index >= 15 is 0 Å². The van der Waals surface area contributed by atoms with Gasteiger partial charge in [-0.15, -0.1) is 0 Å². The average molecular weight is 374 g/mol. The number of aliphatic hydroxyl groups is 1. The van der Waals surface area contributed by atoms with Crippen molar-refractivity contribution in [1.29, 1.82) is 0 Å². The van der Waals surface area contributed by atoms with Gasteiger partial charge in [0.1, 0.15) is 0 Å². The molecule has 1 aromatic rings. The van der Waals surface area contributed by atoms with Gasteiger partial charge in [-0.3, -0.25) is 14.5 Å². The van der Waals surface area contributed by atoms with Gasteiger partial charge in [0.2, 0.25) is 5.91 Å². The number of anilines is 1. The number of piperidine rings is 1. The molecule has 2 aliphatic heterocycles. The van der Waals surface area contributed by atoms with Crippen LogP contribution in [-0.2, 0) is 14.3 Å². The average Bonchev–Trinajstić information content (AvgIpc) is 2.97. The van der Waals surface area contributed by atoms with E-state index in [2.05, 4.69) is 4.90 Å². The van der Waals surface area contributed by atoms with Gasteiger partial charge in [0, 0.05) is 12.6 Å². The monoisotopic (exact) mass is 374 g/mol. The summed E-state index contributed by atoms with van der Waals surface area (Å²) in [5.74, 6) is -0.892. The number of hydrogen-bond donors (Lipinski definition) is 1. The second kappa shape index (κ2) is 8.63. The second-order valence-corrected chi connectivity index (χ2v) is 6.95. The maximum Gasteiger partial charge on any atom is 0.338 e. The van der Waals surface area contributed by atoms with Crippen molar-refractivity contribution in [1.82, 2.24) is 4.90 Å². The fraction of sp³-hybridized carbons (Fsp3) is 0.550. The number of imide groups is 1. The molecule has 146 valence electrons. The van der Waals surface area contributed by atoms with Crippen LogP contribution in [-0.4, -0.2) is 59.6 Å². The zero-order valence-electron chi connectivity index (χ0n) is 15.6. The lowest BCUT2D eigenvalue weighted by atomic mass is 9.97. The summed E-state index contributed by atoms with van der Waals surface area (Å²) in [6.07, 6.45) is 3.78. The first-order chi connectivity index (χ1) is 13.1. The molecule has 2 saturated heterocycles. The Morgan fingerprint density at radius 1 is 1.22 bits per heavy atom. The third kappa shape index (κ3) is 4.04. The first kappa shape index (κ1) is 19.5. The molecular weight excluding hydrogens is 348 g/mol. The highest BCUT2D eigenvalue weighted by molar-refractivity contribution is 6.22. The molecule has 2 amide bonds. The number of likely N-dealkylation sites (tertiary alicyclic amines) is 1. The lowest BCUT2D eigenvalue weighted by Crippen LogP contribution is -2.50. The van der Waals surface area contributed by atoms with Crippen LogP contribution in [0.1, 0.15) is 49.4 Å². The molecule has 0 bridgehead atoms. The largest absolute Gasteiger partial charge is 0.462 e. The van der Waals surface area contributed by atoms with Crippen molar-refractivity contribution in [3.63, 3.8) is 0 Å². The molecule has 1 N–H and O–H groups in total. The number of nitrogens with zero attached hydrogens (tertiary/aromatic N) is 2. The Kier molecular flexibility index (Phi) is 6.23. The van der Waals surface area contributed by atoms with Gasteiger partial charge in [-0.1, -0.05) is 6.42 Å². The predicted octanol–water partition coefficient (Wildman–Crippen LogP) is 1.73. The Morgan fingerprint density at radius 2 is 1.96 bits per heavy atom. The zero-order chi connectivity index (χ0) is 19.4. The SMILES string of the molecule is CCOC(=O)c1ccc(N2C(=O)C[C@H](N3CCCC[C@H]3CCO)C2=O)cc1. The quantitative estimate of drug-likeness (QED) is 0.603. The second-order valence-electron chi connectivity index (χ2n) is 6.95. The van der Waals surface area contributed by atoms with Gasteiger partial charge < -0.3 is 9.84 Å². The first-order valence-corrected chi connectivity index (χ1v) is 9.57. The summed E-state index contributed by atoms with van der Waals surface area (Å²) in [5.41, 5.74) is 0.853. The summed E-state index contributed by atoms with van der Waals surface area (Å²) >= 11 is 0. The van der Waals surface area contributed by atoms with Crippen molar-refractivity contribution in [2.24, 2.45) is 0 Å². The van der Waals surface area contributed by atoms with Crippen molar-refractivity contribution >= 4 is 23.5 Å². The van der Waals surface area contributed by atoms with E-state index in [1.807, 2.05) is 0 Å². The third-order valence-electron chi connectivity index (χ3n) is 5.29. The molecule has 0 spiro atoms. The lowest BCUT2D eigenvalue weighted by Gasteiger charge is -2.38. The van der Waals surface area contributed by atoms with Crippen molar-refractivity contribution in [2.75, 3.05) is 24.7 Å². The zero-order valence-corrected chi connectivity index (χ0v) is 15.6. The lowest BCUT2D eigenvalue weighted by molar-refractivity contribution is -0.123. The molecule has 3 rings (SSSR count). The fourth-order valence-corrected chi connectivity index (χ4v) is 4.00. The van der Waals surface area contributed by atoms with E-state index in [0.29, 0.717) is 17.7 Å². The molecule has 2 fully saturated rings. The molecule has 0 saturated carbocycles. The Hall–Kier alpha value is -2.25. The number of hydrogen-bond acceptors (Lipinski definition) is 6. The number of benzene rings is 1. The smallest absolute Gasteiger partial charge is 0.338 e. The third-order valence-corrected chi connectivity index (χ3v) is 5.29. The van der Waals surface area contributed by atoms with Crippen molar-refractivity contribution in [3.8, 4) is 0 Å². The Labute approximate surface area is 158 Å². The number of carbonyl (C=O) groups is 3. The molecular formula is C20H26N2O5. The van der Waals surface area contributed by atoms with Crippen LogP contribution in [0, 0.1) is 0 Å². The minimum atomic E-state index is -0.473. The van der Waals surface area contributed by atoms with Gasteiger partial charge >= 0.3 is 5.97 Å². The van der Waals surface area contributed by atoms with Crippen LogP contribution in [0.3, 0.4) is 0 Å². The molecule has 7 heteroatoms. The highest BCUT2D eigenvalue weighted by atomic mass is 16.5. The Morgan fingerprint density at radius 3 is 2.63 bits per heavy atom. The molecule has 1 aromatic carbocycles. The van der Waals surface area contributed by atoms with Crippen LogP contribution >= 0.6 is 0 Å². The van der Waals surface area contributed by atoms with Gasteiger partial charge in [-0.2, -0.15) is 0 Å². The van der Waals surface area contributed by atoms with Crippen molar-refractivity contribution in [3.05, 3.63) is 29.8 Å². The number of ether oxygens (including phenoxy) is 1. The number of rotatable bonds is 6. The van der Waals surface area contributed by atoms with Crippen LogP contribution in [0.4, 0.5) is 5.69 Å². The van der Waals surface area contributed by atoms with E-state index in [1.54, 1.807) is 31.2 Å². The first-order valence-electron chi connectivity index (χ1n) is 9.57. The van der Waals surface area contributed by atoms with E-state index in [9.17, 15) is 19.5 Å². The molecule has 0 radical (unpaired) electrons. The van der Waals surface area contributed by atoms with Gasteiger partial charge in [-0.05, 0) is 57.0 Å². The van der Waals surface area contributed by atoms with E-state index in [1.165, 1.54) is 4.90 Å². The minimum Gasteiger partial charge on any atom is -0.462 e. The molecule has 2 atom stereocenters. The molecule has 2 aliphatic rings. The normalized spacial score (nSPS) is 23.7. The van der Waals surface area contributed by atoms with Crippen LogP contribution in [0.25, 0.3) is 0 Å². The van der Waals surface area contributed by atoms with Crippen LogP contribution in [0.5, 0.6) is 0 Å². The fourth-order valence-electron chi connectivity index (χ4n) is 4.00. The van der Waals surface area contributed by atoms with E-state index in [-0.39, 0.29) is 37.5 Å². The Balaban J connectivity index is 1.76. The highest BCUT2D eigenvalue weighted by Gasteiger charge is 2.44. The Bertz CT molecular complexity index is 701. The summed E-state index contributed by atoms with van der Waals surface area (Å²) in [5, 5.41) is 9.31. The standard InChI is InChI=1S/C20H26N2O5/c1-2-27-20(26)14-6-8-16(9-7-14)22-18(24)13-17(19(22)25)21-11-4-3-5-15(21)10-12-23/h6-9,15,17,23H,2-5,10-13H2,1H3/t15-,17-/m0/s1. The highest BCUT2D eigenvalue weighted by Crippen LogP contribution is 2.30. The van der Waals surface area contributed by atoms with Gasteiger partial charge in [-0.25, -0.2) is 9.69 Å². The summed E-state index contributed by atoms with van der Waals surface area (Å²) in [4.78, 5) is 40.6. The predicted molar refractivity (Wildman–Crippen MR) is 99.3 cm³/mol. The maximum atomic E-state index is 13.0. The molecule has 0 aliphatic carbocycles. The molecule has 0 unspecified atom stereocenters. The maximum absolute atomic E-state index is 13.0. The number of amides is 2. The van der Waals surface area contributed by atoms with E-state index in [4.69, 9.17) is 4.74 Å². The summed E-state index contributed by atoms with van der Waals surface area (Å²) in [6, 6.07) is 6.00. The summed E-state index contributed by atoms with van der Waals surface area (Å²) in [7, 11) is 0. The number of esters is 1. The summed E-state index contributed by atoms with van der Waals surface area (Å²) < 4.78 is 4.95. The number of aliphatic hydroxyl groups excluding tert-OH is 1. The molecule has 7 nitrogen and oxygen atoms in total. The molecule has 27 heavy (non-hydrogen) atoms. The van der Waals surface area contributed by atoms with E-state index in [0.717, 1.165) is 25.8 Å². The van der Waals surface area contributed by atoms with Gasteiger partial charge in [0.25, 0.3) is 5.91 Å². The van der Waals surface area contributed by atoms with E-state index < -0.39 is 12.0 Å². The van der Waals surface area contributed by atoms with Gasteiger partial charge in [0.15, 0.2) is 0 Å². The molecule has 2 heterocycles. The molecule has 0 aromatic heterocycles. The topological polar surface area (TPSA) is 87.2 Å².